The molecular weight excluding hydrogens is 260 g/mol. The molecule has 1 fully saturated rings. The molecule has 0 amide bonds. The standard InChI is InChI=1S/C17H22N4/c1-14-4-5-15(2)16(12-14)13-20-8-10-21(11-9-20)17-18-6-3-7-19-17/h3-7,12H,8-11,13H2,1-2H3/p+1. The second kappa shape index (κ2) is 6.22. The molecular formula is C17H23N4+. The Kier molecular flexibility index (Phi) is 4.15. The number of benzene rings is 1. The van der Waals surface area contributed by atoms with Gasteiger partial charge in [-0.05, 0) is 25.5 Å². The van der Waals surface area contributed by atoms with Crippen molar-refractivity contribution >= 4 is 5.95 Å². The monoisotopic (exact) mass is 283 g/mol. The minimum absolute atomic E-state index is 0.864. The average Bonchev–Trinajstić information content (AvgIpc) is 2.53. The van der Waals surface area contributed by atoms with Crippen LogP contribution in [0, 0.1) is 13.8 Å². The average molecular weight is 283 g/mol. The SMILES string of the molecule is Cc1ccc(C)c(C[NH+]2CCN(c3ncccn3)CC2)c1. The Morgan fingerprint density at radius 3 is 2.52 bits per heavy atom. The van der Waals surface area contributed by atoms with Crippen molar-refractivity contribution in [2.75, 3.05) is 31.1 Å². The van der Waals surface area contributed by atoms with Crippen LogP contribution in [0.2, 0.25) is 0 Å². The van der Waals surface area contributed by atoms with Gasteiger partial charge in [0.25, 0.3) is 0 Å². The molecule has 1 aliphatic heterocycles. The first-order valence-electron chi connectivity index (χ1n) is 7.64. The lowest BCUT2D eigenvalue weighted by Gasteiger charge is -2.32. The zero-order valence-electron chi connectivity index (χ0n) is 12.8. The van der Waals surface area contributed by atoms with Gasteiger partial charge in [-0.15, -0.1) is 0 Å². The molecule has 4 heteroatoms. The quantitative estimate of drug-likeness (QED) is 0.912. The smallest absolute Gasteiger partial charge is 0.225 e. The van der Waals surface area contributed by atoms with Crippen LogP contribution in [0.4, 0.5) is 5.95 Å². The van der Waals surface area contributed by atoms with E-state index in [0.29, 0.717) is 0 Å². The van der Waals surface area contributed by atoms with Gasteiger partial charge in [0, 0.05) is 18.0 Å². The van der Waals surface area contributed by atoms with Crippen molar-refractivity contribution in [1.82, 2.24) is 9.97 Å². The third kappa shape index (κ3) is 3.39. The lowest BCUT2D eigenvalue weighted by Crippen LogP contribution is -3.13. The van der Waals surface area contributed by atoms with Crippen LogP contribution in [0.1, 0.15) is 16.7 Å². The first-order chi connectivity index (χ1) is 10.2. The Hall–Kier alpha value is -1.94. The number of nitrogens with one attached hydrogen (secondary N) is 1. The van der Waals surface area contributed by atoms with Gasteiger partial charge in [-0.25, -0.2) is 9.97 Å². The number of aromatic nitrogens is 2. The van der Waals surface area contributed by atoms with Crippen molar-refractivity contribution in [2.45, 2.75) is 20.4 Å². The third-order valence-corrected chi connectivity index (χ3v) is 4.25. The number of quaternary nitrogens is 1. The fourth-order valence-electron chi connectivity index (χ4n) is 2.91. The molecule has 0 spiro atoms. The predicted octanol–water partition coefficient (Wildman–Crippen LogP) is 0.999. The molecule has 0 radical (unpaired) electrons. The van der Waals surface area contributed by atoms with Crippen LogP contribution in [-0.4, -0.2) is 36.1 Å². The zero-order valence-corrected chi connectivity index (χ0v) is 12.8. The molecule has 110 valence electrons. The van der Waals surface area contributed by atoms with Crippen LogP contribution in [0.3, 0.4) is 0 Å². The largest absolute Gasteiger partial charge is 0.330 e. The highest BCUT2D eigenvalue weighted by Gasteiger charge is 2.22. The minimum atomic E-state index is 0.864. The molecule has 1 saturated heterocycles. The van der Waals surface area contributed by atoms with Crippen LogP contribution in [-0.2, 0) is 6.54 Å². The molecule has 21 heavy (non-hydrogen) atoms. The highest BCUT2D eigenvalue weighted by atomic mass is 15.3. The Balaban J connectivity index is 1.60. The van der Waals surface area contributed by atoms with E-state index >= 15 is 0 Å². The molecule has 1 N–H and O–H groups in total. The van der Waals surface area contributed by atoms with E-state index in [0.717, 1.165) is 38.7 Å². The Morgan fingerprint density at radius 1 is 1.10 bits per heavy atom. The van der Waals surface area contributed by atoms with E-state index in [4.69, 9.17) is 0 Å². The van der Waals surface area contributed by atoms with Crippen molar-refractivity contribution in [3.63, 3.8) is 0 Å². The van der Waals surface area contributed by atoms with Crippen LogP contribution in [0.25, 0.3) is 0 Å². The summed E-state index contributed by atoms with van der Waals surface area (Å²) in [6.45, 7) is 9.86. The van der Waals surface area contributed by atoms with Crippen molar-refractivity contribution in [3.8, 4) is 0 Å². The third-order valence-electron chi connectivity index (χ3n) is 4.25. The Labute approximate surface area is 126 Å². The van der Waals surface area contributed by atoms with Crippen molar-refractivity contribution in [3.05, 3.63) is 53.3 Å². The number of hydrogen-bond donors (Lipinski definition) is 1. The van der Waals surface area contributed by atoms with Gasteiger partial charge in [-0.3, -0.25) is 0 Å². The molecule has 0 aliphatic carbocycles. The van der Waals surface area contributed by atoms with E-state index in [1.807, 2.05) is 18.5 Å². The summed E-state index contributed by atoms with van der Waals surface area (Å²) >= 11 is 0. The number of piperazine rings is 1. The fourth-order valence-corrected chi connectivity index (χ4v) is 2.91. The molecule has 1 aromatic heterocycles. The van der Waals surface area contributed by atoms with E-state index in [1.54, 1.807) is 4.90 Å². The molecule has 0 unspecified atom stereocenters. The van der Waals surface area contributed by atoms with Gasteiger partial charge in [0.05, 0.1) is 26.2 Å². The molecule has 0 atom stereocenters. The zero-order chi connectivity index (χ0) is 14.7. The number of aryl methyl sites for hydroxylation is 2. The minimum Gasteiger partial charge on any atom is -0.330 e. The highest BCUT2D eigenvalue weighted by molar-refractivity contribution is 5.30. The van der Waals surface area contributed by atoms with Gasteiger partial charge < -0.3 is 9.80 Å². The van der Waals surface area contributed by atoms with Crippen LogP contribution in [0.15, 0.2) is 36.7 Å². The maximum Gasteiger partial charge on any atom is 0.225 e. The topological polar surface area (TPSA) is 33.5 Å². The number of nitrogens with zero attached hydrogens (tertiary/aromatic N) is 3. The molecule has 1 aromatic carbocycles. The molecule has 0 saturated carbocycles. The molecule has 2 aromatic rings. The first-order valence-corrected chi connectivity index (χ1v) is 7.64. The number of anilines is 1. The second-order valence-electron chi connectivity index (χ2n) is 5.89. The van der Waals surface area contributed by atoms with Gasteiger partial charge in [0.15, 0.2) is 0 Å². The number of hydrogen-bond acceptors (Lipinski definition) is 3. The van der Waals surface area contributed by atoms with E-state index in [2.05, 4.69) is 46.9 Å². The highest BCUT2D eigenvalue weighted by Crippen LogP contribution is 2.10. The van der Waals surface area contributed by atoms with Crippen LogP contribution in [0.5, 0.6) is 0 Å². The van der Waals surface area contributed by atoms with Crippen molar-refractivity contribution in [1.29, 1.82) is 0 Å². The summed E-state index contributed by atoms with van der Waals surface area (Å²) in [5.41, 5.74) is 4.24. The normalized spacial score (nSPS) is 16.2. The lowest BCUT2D eigenvalue weighted by molar-refractivity contribution is -0.914. The van der Waals surface area contributed by atoms with Gasteiger partial charge in [-0.2, -0.15) is 0 Å². The second-order valence-corrected chi connectivity index (χ2v) is 5.89. The summed E-state index contributed by atoms with van der Waals surface area (Å²) in [6.07, 6.45) is 3.63. The summed E-state index contributed by atoms with van der Waals surface area (Å²) in [5.74, 6) is 0.864. The van der Waals surface area contributed by atoms with E-state index in [1.165, 1.54) is 16.7 Å². The van der Waals surface area contributed by atoms with E-state index in [-0.39, 0.29) is 0 Å². The summed E-state index contributed by atoms with van der Waals surface area (Å²) in [4.78, 5) is 12.6. The lowest BCUT2D eigenvalue weighted by atomic mass is 10.0. The molecule has 4 nitrogen and oxygen atoms in total. The first kappa shape index (κ1) is 14.0. The van der Waals surface area contributed by atoms with Gasteiger partial charge in [0.1, 0.15) is 6.54 Å². The molecule has 0 bridgehead atoms. The van der Waals surface area contributed by atoms with E-state index in [9.17, 15) is 0 Å². The van der Waals surface area contributed by atoms with Crippen molar-refractivity contribution < 1.29 is 4.90 Å². The maximum atomic E-state index is 4.34. The van der Waals surface area contributed by atoms with Gasteiger partial charge in [-0.1, -0.05) is 23.8 Å². The van der Waals surface area contributed by atoms with Gasteiger partial charge in [0.2, 0.25) is 5.95 Å². The Bertz CT molecular complexity index is 589. The van der Waals surface area contributed by atoms with Crippen LogP contribution < -0.4 is 9.80 Å². The predicted molar refractivity (Wildman–Crippen MR) is 84.6 cm³/mol. The molecule has 2 heterocycles. The van der Waals surface area contributed by atoms with Gasteiger partial charge >= 0.3 is 0 Å². The molecule has 1 aliphatic rings. The Morgan fingerprint density at radius 2 is 1.81 bits per heavy atom. The summed E-state index contributed by atoms with van der Waals surface area (Å²) in [5, 5.41) is 0. The molecule has 3 rings (SSSR count). The fraction of sp³-hybridized carbons (Fsp3) is 0.412. The van der Waals surface area contributed by atoms with E-state index < -0.39 is 0 Å². The summed E-state index contributed by atoms with van der Waals surface area (Å²) in [7, 11) is 0. The number of rotatable bonds is 3. The maximum absolute atomic E-state index is 4.34. The van der Waals surface area contributed by atoms with Crippen LogP contribution >= 0.6 is 0 Å². The summed E-state index contributed by atoms with van der Waals surface area (Å²) < 4.78 is 0. The summed E-state index contributed by atoms with van der Waals surface area (Å²) in [6, 6.07) is 8.62. The van der Waals surface area contributed by atoms with Crippen molar-refractivity contribution in [2.24, 2.45) is 0 Å².